The number of sulfonamides is 1. The summed E-state index contributed by atoms with van der Waals surface area (Å²) in [6, 6.07) is 5.24. The van der Waals surface area contributed by atoms with Gasteiger partial charge in [-0.15, -0.1) is 0 Å². The number of carbonyl (C=O) groups excluding carboxylic acids is 2. The normalized spacial score (nSPS) is 29.4. The van der Waals surface area contributed by atoms with E-state index >= 15 is 0 Å². The number of nitrogens with zero attached hydrogens (tertiary/aromatic N) is 3. The molecule has 0 aromatic heterocycles. The molecule has 180 valence electrons. The molecule has 2 atom stereocenters. The monoisotopic (exact) mass is 474 g/mol. The Hall–Kier alpha value is -1.97. The highest BCUT2D eigenvalue weighted by atomic mass is 32.2. The van der Waals surface area contributed by atoms with E-state index < -0.39 is 15.6 Å². The van der Waals surface area contributed by atoms with Crippen LogP contribution in [0.5, 0.6) is 0 Å². The zero-order valence-electron chi connectivity index (χ0n) is 19.4. The minimum Gasteiger partial charge on any atom is -0.323 e. The highest BCUT2D eigenvalue weighted by molar-refractivity contribution is 7.89. The Kier molecular flexibility index (Phi) is 5.99. The fourth-order valence-corrected chi connectivity index (χ4v) is 7.43. The van der Waals surface area contributed by atoms with Crippen LogP contribution >= 0.6 is 0 Å². The van der Waals surface area contributed by atoms with Crippen molar-refractivity contribution in [1.82, 2.24) is 19.4 Å². The van der Waals surface area contributed by atoms with E-state index in [0.717, 1.165) is 44.1 Å². The Balaban J connectivity index is 1.22. The van der Waals surface area contributed by atoms with Crippen molar-refractivity contribution in [2.75, 3.05) is 32.8 Å². The maximum Gasteiger partial charge on any atom is 0.326 e. The quantitative estimate of drug-likeness (QED) is 0.677. The van der Waals surface area contributed by atoms with Gasteiger partial charge in [0.25, 0.3) is 5.91 Å². The van der Waals surface area contributed by atoms with Crippen LogP contribution in [0, 0.1) is 5.92 Å². The van der Waals surface area contributed by atoms with Crippen LogP contribution in [0.1, 0.15) is 56.6 Å². The summed E-state index contributed by atoms with van der Waals surface area (Å²) in [5, 5.41) is 2.99. The van der Waals surface area contributed by atoms with Gasteiger partial charge < -0.3 is 5.32 Å². The zero-order valence-corrected chi connectivity index (χ0v) is 20.2. The van der Waals surface area contributed by atoms with E-state index in [-0.39, 0.29) is 24.5 Å². The number of carbonyl (C=O) groups is 2. The Morgan fingerprint density at radius 2 is 1.73 bits per heavy atom. The van der Waals surface area contributed by atoms with Crippen LogP contribution < -0.4 is 5.32 Å². The number of urea groups is 1. The SMILES string of the molecule is CC1CCCCC12NC(=O)N(CN1CCN(S(=O)(=O)c3ccc4c(c3)CCCC4)CC1)C2=O. The Labute approximate surface area is 196 Å². The van der Waals surface area contributed by atoms with Crippen LogP contribution in [-0.4, -0.2) is 72.8 Å². The number of hydrogen-bond donors (Lipinski definition) is 1. The van der Waals surface area contributed by atoms with E-state index in [2.05, 4.69) is 5.32 Å². The number of amides is 3. The third-order valence-electron chi connectivity index (χ3n) is 8.13. The molecular formula is C24H34N4O4S. The van der Waals surface area contributed by atoms with Gasteiger partial charge in [-0.2, -0.15) is 4.31 Å². The van der Waals surface area contributed by atoms with Crippen LogP contribution in [0.2, 0.25) is 0 Å². The van der Waals surface area contributed by atoms with Crippen LogP contribution in [-0.2, 0) is 27.7 Å². The van der Waals surface area contributed by atoms with Crippen LogP contribution in [0.15, 0.2) is 23.1 Å². The number of hydrogen-bond acceptors (Lipinski definition) is 5. The maximum atomic E-state index is 13.2. The summed E-state index contributed by atoms with van der Waals surface area (Å²) < 4.78 is 28.0. The molecule has 1 aromatic rings. The van der Waals surface area contributed by atoms with E-state index in [1.165, 1.54) is 21.2 Å². The zero-order chi connectivity index (χ0) is 23.2. The Bertz CT molecular complexity index is 1050. The summed E-state index contributed by atoms with van der Waals surface area (Å²) in [5.74, 6) is 0.00937. The molecule has 1 N–H and O–H groups in total. The molecule has 5 rings (SSSR count). The van der Waals surface area contributed by atoms with Gasteiger partial charge >= 0.3 is 6.03 Å². The molecule has 3 fully saturated rings. The predicted octanol–water partition coefficient (Wildman–Crippen LogP) is 2.33. The molecule has 2 unspecified atom stereocenters. The van der Waals surface area contributed by atoms with Gasteiger partial charge in [-0.05, 0) is 67.7 Å². The van der Waals surface area contributed by atoms with Crippen LogP contribution in [0.25, 0.3) is 0 Å². The van der Waals surface area contributed by atoms with Gasteiger partial charge in [-0.1, -0.05) is 25.8 Å². The molecule has 2 saturated heterocycles. The van der Waals surface area contributed by atoms with Gasteiger partial charge in [0.1, 0.15) is 5.54 Å². The van der Waals surface area contributed by atoms with E-state index in [1.807, 2.05) is 24.0 Å². The second kappa shape index (κ2) is 8.67. The van der Waals surface area contributed by atoms with E-state index in [9.17, 15) is 18.0 Å². The number of aryl methyl sites for hydroxylation is 2. The lowest BCUT2D eigenvalue weighted by Crippen LogP contribution is -2.55. The minimum absolute atomic E-state index is 0.121. The molecule has 9 heteroatoms. The molecular weight excluding hydrogens is 440 g/mol. The minimum atomic E-state index is -3.55. The molecule has 1 spiro atoms. The molecule has 1 aromatic carbocycles. The molecule has 2 aliphatic heterocycles. The molecule has 0 radical (unpaired) electrons. The number of rotatable bonds is 4. The summed E-state index contributed by atoms with van der Waals surface area (Å²) >= 11 is 0. The van der Waals surface area contributed by atoms with Crippen LogP contribution in [0.4, 0.5) is 4.79 Å². The van der Waals surface area contributed by atoms with Crippen molar-refractivity contribution in [1.29, 1.82) is 0 Å². The third-order valence-corrected chi connectivity index (χ3v) is 10.0. The summed E-state index contributed by atoms with van der Waals surface area (Å²) in [6.45, 7) is 3.94. The van der Waals surface area contributed by atoms with Crippen molar-refractivity contribution in [2.24, 2.45) is 5.92 Å². The van der Waals surface area contributed by atoms with E-state index in [0.29, 0.717) is 37.5 Å². The van der Waals surface area contributed by atoms with Gasteiger partial charge in [0.2, 0.25) is 10.0 Å². The van der Waals surface area contributed by atoms with Crippen molar-refractivity contribution in [3.05, 3.63) is 29.3 Å². The van der Waals surface area contributed by atoms with E-state index in [4.69, 9.17) is 0 Å². The molecule has 33 heavy (non-hydrogen) atoms. The van der Waals surface area contributed by atoms with Gasteiger partial charge in [-0.25, -0.2) is 18.1 Å². The average Bonchev–Trinajstić information content (AvgIpc) is 3.06. The van der Waals surface area contributed by atoms with E-state index in [1.54, 1.807) is 6.07 Å². The van der Waals surface area contributed by atoms with Gasteiger partial charge in [0, 0.05) is 26.2 Å². The first-order valence-electron chi connectivity index (χ1n) is 12.3. The first kappa shape index (κ1) is 22.8. The first-order chi connectivity index (χ1) is 15.8. The fourth-order valence-electron chi connectivity index (χ4n) is 5.95. The van der Waals surface area contributed by atoms with Gasteiger partial charge in [-0.3, -0.25) is 9.69 Å². The molecule has 0 bridgehead atoms. The summed E-state index contributed by atoms with van der Waals surface area (Å²) in [7, 11) is -3.55. The number of imide groups is 1. The molecule has 8 nitrogen and oxygen atoms in total. The topological polar surface area (TPSA) is 90.0 Å². The highest BCUT2D eigenvalue weighted by Gasteiger charge is 2.55. The predicted molar refractivity (Wildman–Crippen MR) is 124 cm³/mol. The summed E-state index contributed by atoms with van der Waals surface area (Å²) in [6.07, 6.45) is 7.92. The number of fused-ring (bicyclic) bond motifs is 1. The highest BCUT2D eigenvalue weighted by Crippen LogP contribution is 2.38. The lowest BCUT2D eigenvalue weighted by molar-refractivity contribution is -0.135. The molecule has 2 aliphatic carbocycles. The molecule has 2 heterocycles. The van der Waals surface area contributed by atoms with Gasteiger partial charge in [0.05, 0.1) is 11.6 Å². The van der Waals surface area contributed by atoms with Crippen molar-refractivity contribution in [2.45, 2.75) is 68.7 Å². The van der Waals surface area contributed by atoms with Crippen molar-refractivity contribution >= 4 is 22.0 Å². The second-order valence-corrected chi connectivity index (χ2v) is 12.0. The van der Waals surface area contributed by atoms with Crippen molar-refractivity contribution in [3.8, 4) is 0 Å². The standard InChI is InChI=1S/C24H34N4O4S/c1-18-6-4-5-11-24(18)22(29)28(23(30)25-24)17-26-12-14-27(15-13-26)33(31,32)21-10-9-19-7-2-3-8-20(19)16-21/h9-10,16,18H,2-8,11-15,17H2,1H3,(H,25,30). The van der Waals surface area contributed by atoms with Crippen LogP contribution in [0.3, 0.4) is 0 Å². The molecule has 4 aliphatic rings. The van der Waals surface area contributed by atoms with Crippen molar-refractivity contribution in [3.63, 3.8) is 0 Å². The summed E-state index contributed by atoms with van der Waals surface area (Å²) in [4.78, 5) is 29.6. The largest absolute Gasteiger partial charge is 0.326 e. The second-order valence-electron chi connectivity index (χ2n) is 10.1. The number of nitrogens with one attached hydrogen (secondary N) is 1. The smallest absolute Gasteiger partial charge is 0.323 e. The fraction of sp³-hybridized carbons (Fsp3) is 0.667. The molecule has 3 amide bonds. The van der Waals surface area contributed by atoms with Crippen molar-refractivity contribution < 1.29 is 18.0 Å². The van der Waals surface area contributed by atoms with Gasteiger partial charge in [0.15, 0.2) is 0 Å². The number of benzene rings is 1. The lowest BCUT2D eigenvalue weighted by Gasteiger charge is -2.38. The first-order valence-corrected chi connectivity index (χ1v) is 13.7. The maximum absolute atomic E-state index is 13.2. The summed E-state index contributed by atoms with van der Waals surface area (Å²) in [5.41, 5.74) is 1.67. The average molecular weight is 475 g/mol. The third kappa shape index (κ3) is 3.98. The Morgan fingerprint density at radius 1 is 1.00 bits per heavy atom. The number of piperazine rings is 1. The lowest BCUT2D eigenvalue weighted by atomic mass is 9.73. The molecule has 1 saturated carbocycles. The Morgan fingerprint density at radius 3 is 2.45 bits per heavy atom.